The average molecular weight is 378 g/mol. The maximum absolute atomic E-state index is 13.2. The fraction of sp³-hybridized carbons (Fsp3) is 0.250. The van der Waals surface area contributed by atoms with Crippen molar-refractivity contribution in [3.8, 4) is 11.4 Å². The summed E-state index contributed by atoms with van der Waals surface area (Å²) in [6.45, 7) is 3.66. The van der Waals surface area contributed by atoms with Crippen molar-refractivity contribution >= 4 is 37.5 Å². The molecule has 1 aliphatic rings. The Bertz CT molecular complexity index is 1240. The van der Waals surface area contributed by atoms with Crippen LogP contribution in [0.4, 0.5) is 5.69 Å². The maximum Gasteiger partial charge on any atom is 0.275 e. The van der Waals surface area contributed by atoms with Gasteiger partial charge < -0.3 is 9.64 Å². The van der Waals surface area contributed by atoms with Gasteiger partial charge in [-0.3, -0.25) is 9.36 Å². The highest BCUT2D eigenvalue weighted by Crippen LogP contribution is 2.35. The predicted molar refractivity (Wildman–Crippen MR) is 109 cm³/mol. The molecule has 3 aromatic heterocycles. The van der Waals surface area contributed by atoms with E-state index in [0.717, 1.165) is 51.4 Å². The number of pyridine rings is 1. The van der Waals surface area contributed by atoms with E-state index in [0.29, 0.717) is 11.3 Å². The van der Waals surface area contributed by atoms with Crippen molar-refractivity contribution in [2.45, 2.75) is 13.3 Å². The molecule has 0 saturated carbocycles. The van der Waals surface area contributed by atoms with Crippen LogP contribution in [0.15, 0.2) is 41.6 Å². The highest BCUT2D eigenvalue weighted by molar-refractivity contribution is 7.25. The van der Waals surface area contributed by atoms with Gasteiger partial charge >= 0.3 is 0 Å². The van der Waals surface area contributed by atoms with E-state index in [1.165, 1.54) is 11.3 Å². The van der Waals surface area contributed by atoms with Gasteiger partial charge in [0.05, 0.1) is 23.4 Å². The summed E-state index contributed by atoms with van der Waals surface area (Å²) in [6, 6.07) is 7.82. The molecule has 0 N–H and O–H groups in total. The van der Waals surface area contributed by atoms with Crippen molar-refractivity contribution < 1.29 is 4.74 Å². The molecule has 0 radical (unpaired) electrons. The van der Waals surface area contributed by atoms with Crippen LogP contribution in [0.1, 0.15) is 12.5 Å². The van der Waals surface area contributed by atoms with E-state index in [2.05, 4.69) is 21.8 Å². The third-order valence-electron chi connectivity index (χ3n) is 5.10. The second kappa shape index (κ2) is 6.06. The van der Waals surface area contributed by atoms with Crippen LogP contribution in [0.3, 0.4) is 0 Å². The standard InChI is InChI=1S/C20H18N4O2S/c1-3-23(2)14-6-8-21-19-16(14)17-18(27-19)20(25)24(11-22-17)13-4-5-15-12(10-13)7-9-26-15/h4-6,8,10-11H,3,7,9H2,1-2H3. The summed E-state index contributed by atoms with van der Waals surface area (Å²) >= 11 is 1.41. The molecule has 1 aliphatic heterocycles. The number of hydrogen-bond donors (Lipinski definition) is 0. The molecule has 0 atom stereocenters. The molecule has 0 fully saturated rings. The monoisotopic (exact) mass is 378 g/mol. The fourth-order valence-corrected chi connectivity index (χ4v) is 4.58. The first-order chi connectivity index (χ1) is 13.2. The quantitative estimate of drug-likeness (QED) is 0.547. The SMILES string of the molecule is CCN(C)c1ccnc2sc3c(=O)n(-c4ccc5c(c4)CCO5)cnc3c12. The lowest BCUT2D eigenvalue weighted by molar-refractivity contribution is 0.357. The maximum atomic E-state index is 13.2. The van der Waals surface area contributed by atoms with Crippen molar-refractivity contribution in [1.82, 2.24) is 14.5 Å². The van der Waals surface area contributed by atoms with Crippen LogP contribution in [0.5, 0.6) is 5.75 Å². The fourth-order valence-electron chi connectivity index (χ4n) is 3.53. The first-order valence-corrected chi connectivity index (χ1v) is 9.75. The molecule has 0 unspecified atom stereocenters. The Kier molecular flexibility index (Phi) is 3.65. The van der Waals surface area contributed by atoms with Gasteiger partial charge in [-0.1, -0.05) is 0 Å². The Morgan fingerprint density at radius 3 is 3.04 bits per heavy atom. The topological polar surface area (TPSA) is 60.2 Å². The Morgan fingerprint density at radius 2 is 2.19 bits per heavy atom. The first-order valence-electron chi connectivity index (χ1n) is 8.93. The van der Waals surface area contributed by atoms with Crippen molar-refractivity contribution in [1.29, 1.82) is 0 Å². The number of benzene rings is 1. The molecule has 7 heteroatoms. The van der Waals surface area contributed by atoms with Gasteiger partial charge in [0.25, 0.3) is 5.56 Å². The minimum Gasteiger partial charge on any atom is -0.493 e. The average Bonchev–Trinajstić information content (AvgIpc) is 3.31. The minimum atomic E-state index is -0.0630. The zero-order valence-electron chi connectivity index (χ0n) is 15.1. The lowest BCUT2D eigenvalue weighted by atomic mass is 10.1. The van der Waals surface area contributed by atoms with E-state index >= 15 is 0 Å². The van der Waals surface area contributed by atoms with Gasteiger partial charge in [-0.2, -0.15) is 0 Å². The molecular formula is C20H18N4O2S. The third-order valence-corrected chi connectivity index (χ3v) is 6.17. The smallest absolute Gasteiger partial charge is 0.275 e. The molecular weight excluding hydrogens is 360 g/mol. The van der Waals surface area contributed by atoms with E-state index in [-0.39, 0.29) is 5.56 Å². The molecule has 0 saturated heterocycles. The summed E-state index contributed by atoms with van der Waals surface area (Å²) in [5.74, 6) is 0.902. The van der Waals surface area contributed by atoms with Crippen LogP contribution in [0, 0.1) is 0 Å². The molecule has 0 aliphatic carbocycles. The van der Waals surface area contributed by atoms with Crippen LogP contribution in [0.2, 0.25) is 0 Å². The van der Waals surface area contributed by atoms with Crippen molar-refractivity contribution in [3.05, 3.63) is 52.7 Å². The molecule has 0 bridgehead atoms. The van der Waals surface area contributed by atoms with Gasteiger partial charge in [-0.25, -0.2) is 9.97 Å². The van der Waals surface area contributed by atoms with Crippen LogP contribution in [-0.2, 0) is 6.42 Å². The lowest BCUT2D eigenvalue weighted by Gasteiger charge is -2.17. The largest absolute Gasteiger partial charge is 0.493 e. The van der Waals surface area contributed by atoms with Gasteiger partial charge in [0.1, 0.15) is 27.1 Å². The molecule has 5 rings (SSSR count). The van der Waals surface area contributed by atoms with E-state index in [1.807, 2.05) is 31.3 Å². The lowest BCUT2D eigenvalue weighted by Crippen LogP contribution is -2.18. The summed E-state index contributed by atoms with van der Waals surface area (Å²) in [6.07, 6.45) is 4.28. The number of rotatable bonds is 3. The summed E-state index contributed by atoms with van der Waals surface area (Å²) in [7, 11) is 2.03. The summed E-state index contributed by atoms with van der Waals surface area (Å²) in [4.78, 5) is 25.3. The molecule has 27 heavy (non-hydrogen) atoms. The summed E-state index contributed by atoms with van der Waals surface area (Å²) in [5.41, 5.74) is 3.66. The third kappa shape index (κ3) is 2.42. The first kappa shape index (κ1) is 16.3. The van der Waals surface area contributed by atoms with E-state index in [9.17, 15) is 4.79 Å². The Morgan fingerprint density at radius 1 is 1.30 bits per heavy atom. The van der Waals surface area contributed by atoms with Crippen LogP contribution in [0.25, 0.3) is 26.1 Å². The predicted octanol–water partition coefficient (Wildman–Crippen LogP) is 3.39. The molecule has 4 heterocycles. The number of anilines is 1. The van der Waals surface area contributed by atoms with Crippen LogP contribution in [-0.4, -0.2) is 34.7 Å². The number of hydrogen-bond acceptors (Lipinski definition) is 6. The van der Waals surface area contributed by atoms with Crippen LogP contribution >= 0.6 is 11.3 Å². The second-order valence-corrected chi connectivity index (χ2v) is 7.61. The summed E-state index contributed by atoms with van der Waals surface area (Å²) in [5, 5.41) is 0.952. The molecule has 0 spiro atoms. The molecule has 136 valence electrons. The van der Waals surface area contributed by atoms with Gasteiger partial charge in [-0.15, -0.1) is 11.3 Å². The Balaban J connectivity index is 1.75. The zero-order chi connectivity index (χ0) is 18.5. The number of fused-ring (bicyclic) bond motifs is 4. The minimum absolute atomic E-state index is 0.0630. The molecule has 0 amide bonds. The Labute approximate surface area is 159 Å². The van der Waals surface area contributed by atoms with Gasteiger partial charge in [-0.05, 0) is 36.8 Å². The number of aromatic nitrogens is 3. The van der Waals surface area contributed by atoms with Gasteiger partial charge in [0.2, 0.25) is 0 Å². The van der Waals surface area contributed by atoms with Gasteiger partial charge in [0, 0.05) is 26.2 Å². The zero-order valence-corrected chi connectivity index (χ0v) is 15.9. The van der Waals surface area contributed by atoms with E-state index in [1.54, 1.807) is 17.1 Å². The van der Waals surface area contributed by atoms with Crippen molar-refractivity contribution in [3.63, 3.8) is 0 Å². The van der Waals surface area contributed by atoms with E-state index in [4.69, 9.17) is 4.74 Å². The Hall–Kier alpha value is -2.93. The number of ether oxygens (including phenoxy) is 1. The van der Waals surface area contributed by atoms with E-state index < -0.39 is 0 Å². The number of thiophene rings is 1. The molecule has 1 aromatic carbocycles. The van der Waals surface area contributed by atoms with Crippen molar-refractivity contribution in [2.75, 3.05) is 25.1 Å². The summed E-state index contributed by atoms with van der Waals surface area (Å²) < 4.78 is 7.81. The molecule has 4 aromatic rings. The van der Waals surface area contributed by atoms with Gasteiger partial charge in [0.15, 0.2) is 0 Å². The second-order valence-electron chi connectivity index (χ2n) is 6.61. The highest BCUT2D eigenvalue weighted by Gasteiger charge is 2.18. The highest BCUT2D eigenvalue weighted by atomic mass is 32.1. The van der Waals surface area contributed by atoms with Crippen molar-refractivity contribution in [2.24, 2.45) is 0 Å². The van der Waals surface area contributed by atoms with Crippen LogP contribution < -0.4 is 15.2 Å². The number of nitrogens with zero attached hydrogens (tertiary/aromatic N) is 4. The normalized spacial score (nSPS) is 13.1. The molecule has 6 nitrogen and oxygen atoms in total.